The summed E-state index contributed by atoms with van der Waals surface area (Å²) in [7, 11) is 0. The Bertz CT molecular complexity index is 1000. The first-order valence-corrected chi connectivity index (χ1v) is 9.00. The van der Waals surface area contributed by atoms with Crippen LogP contribution in [0.15, 0.2) is 47.1 Å². The first kappa shape index (κ1) is 20.0. The Hall–Kier alpha value is -3.75. The number of hydrogen-bond acceptors (Lipinski definition) is 7. The Kier molecular flexibility index (Phi) is 6.18. The Balaban J connectivity index is 1.65. The van der Waals surface area contributed by atoms with Crippen LogP contribution in [0.3, 0.4) is 0 Å². The number of pyridine rings is 1. The van der Waals surface area contributed by atoms with Crippen molar-refractivity contribution in [2.75, 3.05) is 5.32 Å². The molecule has 0 fully saturated rings. The topological polar surface area (TPSA) is 127 Å². The second-order valence-electron chi connectivity index (χ2n) is 6.46. The summed E-state index contributed by atoms with van der Waals surface area (Å²) in [5.74, 6) is -0.377. The fourth-order valence-corrected chi connectivity index (χ4v) is 2.51. The molecule has 2 N–H and O–H groups in total. The number of carbonyl (C=O) groups is 2. The molecule has 1 amide bonds. The Labute approximate surface area is 166 Å². The second kappa shape index (κ2) is 8.96. The molecule has 0 radical (unpaired) electrons. The SMILES string of the molecule is CC(C)Oc1ccc(C(=O)O)cc1NC(=O)CCc1nc(-c2ccccn2)no1. The van der Waals surface area contributed by atoms with E-state index in [1.165, 1.54) is 18.2 Å². The molecule has 2 aromatic heterocycles. The van der Waals surface area contributed by atoms with Crippen molar-refractivity contribution >= 4 is 17.6 Å². The fourth-order valence-electron chi connectivity index (χ4n) is 2.51. The molecule has 3 rings (SSSR count). The maximum absolute atomic E-state index is 12.4. The molecule has 0 unspecified atom stereocenters. The minimum absolute atomic E-state index is 0.0494. The lowest BCUT2D eigenvalue weighted by Crippen LogP contribution is -2.15. The van der Waals surface area contributed by atoms with E-state index in [4.69, 9.17) is 9.26 Å². The lowest BCUT2D eigenvalue weighted by Gasteiger charge is -2.15. The van der Waals surface area contributed by atoms with Crippen molar-refractivity contribution in [3.63, 3.8) is 0 Å². The van der Waals surface area contributed by atoms with Gasteiger partial charge in [-0.25, -0.2) is 4.79 Å². The van der Waals surface area contributed by atoms with Crippen LogP contribution in [0.2, 0.25) is 0 Å². The zero-order valence-corrected chi connectivity index (χ0v) is 16.0. The summed E-state index contributed by atoms with van der Waals surface area (Å²) in [6.45, 7) is 3.68. The van der Waals surface area contributed by atoms with Gasteiger partial charge in [0, 0.05) is 19.0 Å². The number of ether oxygens (including phenoxy) is 1. The number of carbonyl (C=O) groups excluding carboxylic acids is 1. The third-order valence-corrected chi connectivity index (χ3v) is 3.79. The largest absolute Gasteiger partial charge is 0.489 e. The molecular formula is C20H20N4O5. The number of nitrogens with zero attached hydrogens (tertiary/aromatic N) is 3. The molecule has 0 bridgehead atoms. The number of nitrogens with one attached hydrogen (secondary N) is 1. The van der Waals surface area contributed by atoms with E-state index in [1.807, 2.05) is 19.9 Å². The molecule has 0 saturated carbocycles. The third-order valence-electron chi connectivity index (χ3n) is 3.79. The van der Waals surface area contributed by atoms with Crippen molar-refractivity contribution < 1.29 is 24.0 Å². The van der Waals surface area contributed by atoms with Crippen LogP contribution >= 0.6 is 0 Å². The molecule has 3 aromatic rings. The highest BCUT2D eigenvalue weighted by atomic mass is 16.5. The number of rotatable bonds is 8. The van der Waals surface area contributed by atoms with E-state index in [9.17, 15) is 14.7 Å². The molecule has 0 aliphatic carbocycles. The Morgan fingerprint density at radius 1 is 1.24 bits per heavy atom. The van der Waals surface area contributed by atoms with Crippen LogP contribution in [-0.2, 0) is 11.2 Å². The number of carboxylic acid groups (broad SMARTS) is 1. The van der Waals surface area contributed by atoms with Gasteiger partial charge in [-0.15, -0.1) is 0 Å². The van der Waals surface area contributed by atoms with E-state index in [1.54, 1.807) is 18.3 Å². The standard InChI is InChI=1S/C20H20N4O5/c1-12(2)28-16-7-6-13(20(26)27)11-15(16)22-17(25)8-9-18-23-19(24-29-18)14-5-3-4-10-21-14/h3-7,10-12H,8-9H2,1-2H3,(H,22,25)(H,26,27). The fraction of sp³-hybridized carbons (Fsp3) is 0.250. The molecule has 150 valence electrons. The number of aryl methyl sites for hydroxylation is 1. The lowest BCUT2D eigenvalue weighted by molar-refractivity contribution is -0.116. The zero-order chi connectivity index (χ0) is 20.8. The molecular weight excluding hydrogens is 376 g/mol. The summed E-state index contributed by atoms with van der Waals surface area (Å²) in [5, 5.41) is 15.7. The predicted octanol–water partition coefficient (Wildman–Crippen LogP) is 3.19. The number of amides is 1. The lowest BCUT2D eigenvalue weighted by atomic mass is 10.1. The minimum atomic E-state index is -1.09. The van der Waals surface area contributed by atoms with Gasteiger partial charge in [-0.3, -0.25) is 9.78 Å². The maximum Gasteiger partial charge on any atom is 0.335 e. The van der Waals surface area contributed by atoms with Crippen molar-refractivity contribution in [3.8, 4) is 17.3 Å². The van der Waals surface area contributed by atoms with Crippen LogP contribution in [0.5, 0.6) is 5.75 Å². The summed E-state index contributed by atoms with van der Waals surface area (Å²) in [6, 6.07) is 9.67. The zero-order valence-electron chi connectivity index (χ0n) is 16.0. The summed E-state index contributed by atoms with van der Waals surface area (Å²) >= 11 is 0. The van der Waals surface area contributed by atoms with Crippen molar-refractivity contribution in [2.24, 2.45) is 0 Å². The van der Waals surface area contributed by atoms with Crippen LogP contribution in [-0.4, -0.2) is 38.2 Å². The van der Waals surface area contributed by atoms with E-state index in [0.29, 0.717) is 28.8 Å². The molecule has 9 heteroatoms. The van der Waals surface area contributed by atoms with E-state index in [2.05, 4.69) is 20.4 Å². The molecule has 0 atom stereocenters. The quantitative estimate of drug-likeness (QED) is 0.594. The van der Waals surface area contributed by atoms with Crippen LogP contribution in [0, 0.1) is 0 Å². The van der Waals surface area contributed by atoms with Crippen LogP contribution in [0.4, 0.5) is 5.69 Å². The highest BCUT2D eigenvalue weighted by Crippen LogP contribution is 2.27. The maximum atomic E-state index is 12.4. The van der Waals surface area contributed by atoms with Gasteiger partial charge in [-0.2, -0.15) is 4.98 Å². The van der Waals surface area contributed by atoms with Gasteiger partial charge in [0.2, 0.25) is 17.6 Å². The van der Waals surface area contributed by atoms with Gasteiger partial charge < -0.3 is 19.7 Å². The Morgan fingerprint density at radius 2 is 2.07 bits per heavy atom. The number of aromatic nitrogens is 3. The number of aromatic carboxylic acids is 1. The molecule has 29 heavy (non-hydrogen) atoms. The van der Waals surface area contributed by atoms with Gasteiger partial charge in [-0.1, -0.05) is 11.2 Å². The summed E-state index contributed by atoms with van der Waals surface area (Å²) < 4.78 is 10.8. The average molecular weight is 396 g/mol. The highest BCUT2D eigenvalue weighted by Gasteiger charge is 2.15. The van der Waals surface area contributed by atoms with Crippen molar-refractivity contribution in [1.82, 2.24) is 15.1 Å². The molecule has 2 heterocycles. The van der Waals surface area contributed by atoms with Gasteiger partial charge in [0.25, 0.3) is 0 Å². The highest BCUT2D eigenvalue weighted by molar-refractivity contribution is 5.95. The van der Waals surface area contributed by atoms with E-state index in [0.717, 1.165) is 0 Å². The Morgan fingerprint density at radius 3 is 2.76 bits per heavy atom. The predicted molar refractivity (Wildman–Crippen MR) is 104 cm³/mol. The first-order chi connectivity index (χ1) is 13.9. The van der Waals surface area contributed by atoms with Crippen molar-refractivity contribution in [1.29, 1.82) is 0 Å². The molecule has 0 saturated heterocycles. The normalized spacial score (nSPS) is 10.7. The monoisotopic (exact) mass is 396 g/mol. The van der Waals surface area contributed by atoms with Crippen LogP contribution in [0.1, 0.15) is 36.5 Å². The number of benzene rings is 1. The van der Waals surface area contributed by atoms with Crippen LogP contribution in [0.25, 0.3) is 11.5 Å². The van der Waals surface area contributed by atoms with Gasteiger partial charge in [0.15, 0.2) is 0 Å². The van der Waals surface area contributed by atoms with E-state index < -0.39 is 5.97 Å². The molecule has 1 aromatic carbocycles. The van der Waals surface area contributed by atoms with Crippen molar-refractivity contribution in [3.05, 3.63) is 54.0 Å². The summed E-state index contributed by atoms with van der Waals surface area (Å²) in [5.41, 5.74) is 0.921. The molecule has 0 aliphatic heterocycles. The summed E-state index contributed by atoms with van der Waals surface area (Å²) in [6.07, 6.45) is 1.79. The van der Waals surface area contributed by atoms with Crippen LogP contribution < -0.4 is 10.1 Å². The second-order valence-corrected chi connectivity index (χ2v) is 6.46. The first-order valence-electron chi connectivity index (χ1n) is 9.00. The molecule has 0 aliphatic rings. The minimum Gasteiger partial charge on any atom is -0.489 e. The molecule has 0 spiro atoms. The van der Waals surface area contributed by atoms with Crippen molar-refractivity contribution in [2.45, 2.75) is 32.8 Å². The van der Waals surface area contributed by atoms with E-state index in [-0.39, 0.29) is 30.4 Å². The number of carboxylic acids is 1. The van der Waals surface area contributed by atoms with Gasteiger partial charge in [0.05, 0.1) is 17.4 Å². The average Bonchev–Trinajstić information content (AvgIpc) is 3.17. The van der Waals surface area contributed by atoms with E-state index >= 15 is 0 Å². The smallest absolute Gasteiger partial charge is 0.335 e. The van der Waals surface area contributed by atoms with Gasteiger partial charge in [0.1, 0.15) is 11.4 Å². The third kappa shape index (κ3) is 5.38. The summed E-state index contributed by atoms with van der Waals surface area (Å²) in [4.78, 5) is 32.0. The number of anilines is 1. The molecule has 9 nitrogen and oxygen atoms in total. The number of hydrogen-bond donors (Lipinski definition) is 2. The van der Waals surface area contributed by atoms with Gasteiger partial charge >= 0.3 is 5.97 Å². The van der Waals surface area contributed by atoms with Gasteiger partial charge in [-0.05, 0) is 44.2 Å².